The van der Waals surface area contributed by atoms with Crippen LogP contribution in [0.15, 0.2) is 54.6 Å². The molecule has 1 aliphatic rings. The number of carbonyl (C=O) groups excluding carboxylic acids is 3. The van der Waals surface area contributed by atoms with Crippen LogP contribution in [0.3, 0.4) is 0 Å². The van der Waals surface area contributed by atoms with Crippen LogP contribution in [0, 0.1) is 13.8 Å². The highest BCUT2D eigenvalue weighted by molar-refractivity contribution is 7.17. The Morgan fingerprint density at radius 1 is 1.13 bits per heavy atom. The molecular weight excluding hydrogens is 524 g/mol. The quantitative estimate of drug-likeness (QED) is 0.137. The second kappa shape index (κ2) is 11.0. The third-order valence-electron chi connectivity index (χ3n) is 6.14. The summed E-state index contributed by atoms with van der Waals surface area (Å²) in [7, 11) is 2.88. The molecule has 39 heavy (non-hydrogen) atoms. The smallest absolute Gasteiger partial charge is 0.350 e. The number of aromatic nitrogens is 1. The van der Waals surface area contributed by atoms with E-state index in [1.54, 1.807) is 32.0 Å². The first kappa shape index (κ1) is 27.4. The lowest BCUT2D eigenvalue weighted by molar-refractivity contribution is -0.132. The van der Waals surface area contributed by atoms with Crippen LogP contribution in [0.2, 0.25) is 0 Å². The lowest BCUT2D eigenvalue weighted by Crippen LogP contribution is -2.29. The molecule has 202 valence electrons. The summed E-state index contributed by atoms with van der Waals surface area (Å²) in [5.74, 6) is -2.41. The molecule has 0 saturated carbocycles. The van der Waals surface area contributed by atoms with Crippen LogP contribution in [-0.2, 0) is 14.3 Å². The van der Waals surface area contributed by atoms with Gasteiger partial charge in [-0.15, -0.1) is 0 Å². The molecule has 1 atom stereocenters. The zero-order chi connectivity index (χ0) is 28.4. The van der Waals surface area contributed by atoms with E-state index in [4.69, 9.17) is 14.2 Å². The number of rotatable bonds is 8. The van der Waals surface area contributed by atoms with Gasteiger partial charge in [0.25, 0.3) is 5.78 Å². The first-order chi connectivity index (χ1) is 18.6. The molecule has 0 radical (unpaired) electrons. The summed E-state index contributed by atoms with van der Waals surface area (Å²) in [4.78, 5) is 45.1. The van der Waals surface area contributed by atoms with Crippen LogP contribution >= 0.6 is 11.3 Å². The van der Waals surface area contributed by atoms with Crippen molar-refractivity contribution in [2.75, 3.05) is 25.7 Å². The van der Waals surface area contributed by atoms with Gasteiger partial charge < -0.3 is 24.4 Å². The van der Waals surface area contributed by atoms with Crippen molar-refractivity contribution in [2.24, 2.45) is 0 Å². The molecular formula is C28H26N2O8S. The first-order valence-electron chi connectivity index (χ1n) is 11.7. The van der Waals surface area contributed by atoms with E-state index in [9.17, 15) is 24.6 Å². The summed E-state index contributed by atoms with van der Waals surface area (Å²) in [6, 6.07) is 8.03. The molecule has 0 bridgehead atoms. The Labute approximate surface area is 228 Å². The van der Waals surface area contributed by atoms with Crippen molar-refractivity contribution in [3.8, 4) is 17.2 Å². The lowest BCUT2D eigenvalue weighted by atomic mass is 9.94. The molecule has 0 unspecified atom stereocenters. The zero-order valence-corrected chi connectivity index (χ0v) is 22.5. The summed E-state index contributed by atoms with van der Waals surface area (Å²) in [6.45, 7) is 6.87. The minimum absolute atomic E-state index is 0.00932. The fourth-order valence-electron chi connectivity index (χ4n) is 4.27. The number of aryl methyl sites for hydroxylation is 2. The molecule has 1 aliphatic heterocycles. The van der Waals surface area contributed by atoms with Crippen molar-refractivity contribution < 1.29 is 38.8 Å². The van der Waals surface area contributed by atoms with Gasteiger partial charge >= 0.3 is 11.9 Å². The van der Waals surface area contributed by atoms with E-state index in [0.29, 0.717) is 28.1 Å². The molecule has 1 fully saturated rings. The van der Waals surface area contributed by atoms with Gasteiger partial charge in [0, 0.05) is 5.56 Å². The maximum atomic E-state index is 13.5. The van der Waals surface area contributed by atoms with Gasteiger partial charge in [-0.2, -0.15) is 0 Å². The third-order valence-corrected chi connectivity index (χ3v) is 7.28. The molecule has 4 rings (SSSR count). The molecule has 0 aliphatic carbocycles. The van der Waals surface area contributed by atoms with Crippen molar-refractivity contribution in [1.82, 2.24) is 4.98 Å². The summed E-state index contributed by atoms with van der Waals surface area (Å²) >= 11 is 0.881. The van der Waals surface area contributed by atoms with Crippen LogP contribution < -0.4 is 14.4 Å². The van der Waals surface area contributed by atoms with Crippen LogP contribution in [0.4, 0.5) is 5.13 Å². The van der Waals surface area contributed by atoms with E-state index >= 15 is 0 Å². The predicted octanol–water partition coefficient (Wildman–Crippen LogP) is 4.45. The van der Waals surface area contributed by atoms with Crippen molar-refractivity contribution in [3.05, 3.63) is 81.9 Å². The third kappa shape index (κ3) is 4.96. The highest BCUT2D eigenvalue weighted by Crippen LogP contribution is 2.45. The number of aliphatic hydroxyl groups excluding tert-OH is 1. The van der Waals surface area contributed by atoms with Crippen LogP contribution in [0.25, 0.3) is 5.76 Å². The van der Waals surface area contributed by atoms with E-state index in [0.717, 1.165) is 16.2 Å². The largest absolute Gasteiger partial charge is 0.507 e. The van der Waals surface area contributed by atoms with Crippen molar-refractivity contribution in [1.29, 1.82) is 0 Å². The number of methoxy groups -OCH3 is 2. The van der Waals surface area contributed by atoms with E-state index in [1.807, 2.05) is 0 Å². The van der Waals surface area contributed by atoms with Crippen molar-refractivity contribution in [3.63, 3.8) is 0 Å². The minimum Gasteiger partial charge on any atom is -0.507 e. The van der Waals surface area contributed by atoms with Gasteiger partial charge in [-0.1, -0.05) is 30.1 Å². The Kier molecular flexibility index (Phi) is 7.73. The molecule has 1 amide bonds. The van der Waals surface area contributed by atoms with E-state index in [1.165, 1.54) is 38.5 Å². The number of hydrogen-bond donors (Lipinski definition) is 2. The number of benzene rings is 2. The Morgan fingerprint density at radius 2 is 1.85 bits per heavy atom. The Hall–Kier alpha value is -4.64. The zero-order valence-electron chi connectivity index (χ0n) is 21.7. The van der Waals surface area contributed by atoms with Crippen LogP contribution in [0.1, 0.15) is 38.1 Å². The standard InChI is InChI=1S/C28H26N2O8S/c1-6-11-38-27(35)25-15(3)29-28(39-25)30-22(16-7-9-18(31)20(13-16)37-5)21(24(33)26(30)34)23(32)17-8-10-19(36-4)14(2)12-17/h6-10,12-13,22,31-32H,1,11H2,2-5H3/b23-21+/t22-/m0/s1. The number of nitrogens with zero attached hydrogens (tertiary/aromatic N) is 2. The molecule has 1 aromatic heterocycles. The lowest BCUT2D eigenvalue weighted by Gasteiger charge is -2.23. The Morgan fingerprint density at radius 3 is 2.49 bits per heavy atom. The fraction of sp³-hybridized carbons (Fsp3) is 0.214. The number of aliphatic hydroxyl groups is 1. The van der Waals surface area contributed by atoms with Crippen LogP contribution in [-0.4, -0.2) is 53.7 Å². The van der Waals surface area contributed by atoms with Crippen LogP contribution in [0.5, 0.6) is 17.2 Å². The van der Waals surface area contributed by atoms with Gasteiger partial charge in [-0.05, 0) is 55.3 Å². The molecule has 2 N–H and O–H groups in total. The van der Waals surface area contributed by atoms with E-state index in [-0.39, 0.29) is 33.7 Å². The summed E-state index contributed by atoms with van der Waals surface area (Å²) in [5, 5.41) is 21.6. The number of anilines is 1. The summed E-state index contributed by atoms with van der Waals surface area (Å²) < 4.78 is 15.7. The van der Waals surface area contributed by atoms with Gasteiger partial charge in [0.1, 0.15) is 23.0 Å². The number of ether oxygens (including phenoxy) is 3. The molecule has 3 aromatic rings. The van der Waals surface area contributed by atoms with Gasteiger partial charge in [-0.25, -0.2) is 9.78 Å². The number of phenols is 1. The molecule has 11 heteroatoms. The van der Waals surface area contributed by atoms with Gasteiger partial charge in [0.15, 0.2) is 16.6 Å². The van der Waals surface area contributed by atoms with Gasteiger partial charge in [-0.3, -0.25) is 14.5 Å². The number of ketones is 1. The van der Waals surface area contributed by atoms with Gasteiger partial charge in [0.05, 0.1) is 31.5 Å². The number of aromatic hydroxyl groups is 1. The second-order valence-electron chi connectivity index (χ2n) is 8.58. The van der Waals surface area contributed by atoms with Crippen molar-refractivity contribution >= 4 is 39.9 Å². The number of thiazole rings is 1. The highest BCUT2D eigenvalue weighted by atomic mass is 32.1. The van der Waals surface area contributed by atoms with E-state index < -0.39 is 29.5 Å². The molecule has 10 nitrogen and oxygen atoms in total. The normalized spacial score (nSPS) is 16.3. The number of hydrogen-bond acceptors (Lipinski definition) is 10. The SMILES string of the molecule is C=CCOC(=O)c1sc(N2C(=O)C(=O)/C(=C(/O)c3ccc(OC)c(C)c3)[C@@H]2c2ccc(O)c(OC)c2)nc1C. The number of amides is 1. The fourth-order valence-corrected chi connectivity index (χ4v) is 5.25. The Balaban J connectivity index is 1.93. The topological polar surface area (TPSA) is 135 Å². The maximum absolute atomic E-state index is 13.5. The highest BCUT2D eigenvalue weighted by Gasteiger charge is 2.48. The monoisotopic (exact) mass is 550 g/mol. The first-order valence-corrected chi connectivity index (χ1v) is 12.5. The predicted molar refractivity (Wildman–Crippen MR) is 145 cm³/mol. The number of Topliss-reactive ketones (excluding diaryl/α,β-unsaturated/α-hetero) is 1. The molecule has 1 saturated heterocycles. The van der Waals surface area contributed by atoms with E-state index in [2.05, 4.69) is 11.6 Å². The van der Waals surface area contributed by atoms with Crippen molar-refractivity contribution in [2.45, 2.75) is 19.9 Å². The minimum atomic E-state index is -1.15. The molecule has 2 aromatic carbocycles. The molecule has 0 spiro atoms. The average molecular weight is 551 g/mol. The molecule has 2 heterocycles. The average Bonchev–Trinajstić information content (AvgIpc) is 3.43. The summed E-state index contributed by atoms with van der Waals surface area (Å²) in [6.07, 6.45) is 1.42. The number of carbonyl (C=O) groups is 3. The number of phenolic OH excluding ortho intramolecular Hbond substituents is 1. The van der Waals surface area contributed by atoms with Gasteiger partial charge in [0.2, 0.25) is 0 Å². The Bertz CT molecular complexity index is 1520. The maximum Gasteiger partial charge on any atom is 0.350 e. The number of esters is 1. The second-order valence-corrected chi connectivity index (χ2v) is 9.56. The summed E-state index contributed by atoms with van der Waals surface area (Å²) in [5.41, 5.74) is 1.47.